The van der Waals surface area contributed by atoms with Gasteiger partial charge in [0.05, 0.1) is 33.0 Å². The average molecular weight is 635 g/mol. The minimum absolute atomic E-state index is 0.507. The van der Waals surface area contributed by atoms with Gasteiger partial charge in [-0.25, -0.2) is 40.5 Å². The molecule has 17 heteroatoms. The summed E-state index contributed by atoms with van der Waals surface area (Å²) in [5, 5.41) is 0. The second-order valence-corrected chi connectivity index (χ2v) is 13.3. The molecule has 0 aromatic heterocycles. The lowest BCUT2D eigenvalue weighted by Gasteiger charge is -2.52. The molecule has 0 heterocycles. The van der Waals surface area contributed by atoms with Gasteiger partial charge < -0.3 is 23.7 Å². The van der Waals surface area contributed by atoms with Gasteiger partial charge in [-0.2, -0.15) is 0 Å². The van der Waals surface area contributed by atoms with Crippen molar-refractivity contribution >= 4 is 7.51 Å². The first kappa shape index (κ1) is 40.5. The van der Waals surface area contributed by atoms with E-state index >= 15 is 0 Å². The van der Waals surface area contributed by atoms with Crippen LogP contribution in [0.5, 0.6) is 0 Å². The molecule has 0 spiro atoms. The third-order valence-corrected chi connectivity index (χ3v) is 8.23. The Morgan fingerprint density at radius 2 is 0.878 bits per heavy atom. The first-order valence-corrected chi connectivity index (χ1v) is 14.9. The highest BCUT2D eigenvalue weighted by atomic mass is 31.2. The molecule has 0 radical (unpaired) electrons. The maximum absolute atomic E-state index is 14.2. The molecule has 0 saturated carbocycles. The second-order valence-electron chi connectivity index (χ2n) is 10.1. The van der Waals surface area contributed by atoms with Gasteiger partial charge >= 0.3 is 6.10 Å². The van der Waals surface area contributed by atoms with Crippen LogP contribution in [-0.4, -0.2) is 131 Å². The maximum atomic E-state index is 14.2. The molecule has 0 aromatic carbocycles. The number of hydrogen-bond donors (Lipinski definition) is 0. The normalized spacial score (nSPS) is 19.6. The van der Waals surface area contributed by atoms with Crippen LogP contribution in [0.3, 0.4) is 0 Å². The van der Waals surface area contributed by atoms with Crippen LogP contribution in [0.25, 0.3) is 0 Å². The predicted octanol–water partition coefficient (Wildman–Crippen LogP) is 5.42. The van der Waals surface area contributed by atoms with Crippen LogP contribution >= 0.6 is 7.51 Å². The minimum Gasteiger partial charge on any atom is -0.336 e. The van der Waals surface area contributed by atoms with Crippen molar-refractivity contribution in [3.63, 3.8) is 0 Å². The Hall–Kier alpha value is -0.550. The van der Waals surface area contributed by atoms with Gasteiger partial charge in [0.2, 0.25) is 13.9 Å². The lowest BCUT2D eigenvalue weighted by molar-refractivity contribution is -0.465. The number of hydrogen-bond acceptors (Lipinski definition) is 7. The monoisotopic (exact) mass is 634 g/mol. The van der Waals surface area contributed by atoms with Crippen LogP contribution < -0.4 is 0 Å². The number of alkyl halides is 6. The highest BCUT2D eigenvalue weighted by Gasteiger charge is 2.57. The molecule has 0 saturated heterocycles. The van der Waals surface area contributed by atoms with Gasteiger partial charge in [0.15, 0.2) is 0 Å². The van der Waals surface area contributed by atoms with Crippen LogP contribution in [0.4, 0.5) is 26.3 Å². The summed E-state index contributed by atoms with van der Waals surface area (Å²) >= 11 is 0. The van der Waals surface area contributed by atoms with Crippen molar-refractivity contribution in [3.05, 3.63) is 0 Å². The van der Waals surface area contributed by atoms with Crippen molar-refractivity contribution in [1.29, 1.82) is 0 Å². The smallest absolute Gasteiger partial charge is 0.336 e. The fourth-order valence-electron chi connectivity index (χ4n) is 3.16. The molecular formula is C24H49F6N4O6P. The lowest BCUT2D eigenvalue weighted by atomic mass is 10.4. The predicted molar refractivity (Wildman–Crippen MR) is 144 cm³/mol. The molecule has 0 aliphatic rings. The van der Waals surface area contributed by atoms with E-state index in [0.717, 1.165) is 25.4 Å². The molecule has 6 atom stereocenters. The fraction of sp³-hybridized carbons (Fsp3) is 1.00. The van der Waals surface area contributed by atoms with E-state index in [9.17, 15) is 26.3 Å². The minimum atomic E-state index is -3.78. The summed E-state index contributed by atoms with van der Waals surface area (Å²) in [6.45, 7) is 3.15. The van der Waals surface area contributed by atoms with Gasteiger partial charge in [-0.1, -0.05) is 0 Å². The fourth-order valence-corrected chi connectivity index (χ4v) is 6.13. The third kappa shape index (κ3) is 14.2. The van der Waals surface area contributed by atoms with Crippen LogP contribution in [0.2, 0.25) is 0 Å². The van der Waals surface area contributed by atoms with Crippen molar-refractivity contribution in [2.45, 2.75) is 91.1 Å². The largest absolute Gasteiger partial charge is 0.364 e. The Morgan fingerprint density at radius 1 is 0.561 bits per heavy atom. The molecule has 0 aromatic rings. The molecular weight excluding hydrogens is 585 g/mol. The standard InChI is InChI=1S/C24H49F6N4O6P/c1-17(25)11-35-23(36-12-18(2)26)34(41(32(7)8,33(9)10)31-40-16-22(6)30)24(37-13-19(3)27,38-14-20(4)28)39-15-21(5)29/h17-23H,11-16H2,1-10H3. The summed E-state index contributed by atoms with van der Waals surface area (Å²) in [5.41, 5.74) is 0. The molecule has 0 bridgehead atoms. The van der Waals surface area contributed by atoms with Gasteiger partial charge in [0, 0.05) is 0 Å². The van der Waals surface area contributed by atoms with Crippen LogP contribution in [0.15, 0.2) is 4.91 Å². The topological polar surface area (TPSA) is 77.5 Å². The Labute approximate surface area is 240 Å². The van der Waals surface area contributed by atoms with Gasteiger partial charge in [0.1, 0.15) is 43.6 Å². The summed E-state index contributed by atoms with van der Waals surface area (Å²) in [6.07, 6.45) is -14.1. The van der Waals surface area contributed by atoms with E-state index in [-0.39, 0.29) is 0 Å². The molecule has 0 aliphatic carbocycles. The summed E-state index contributed by atoms with van der Waals surface area (Å²) in [6, 6.07) is 0. The lowest BCUT2D eigenvalue weighted by Crippen LogP contribution is -2.62. The van der Waals surface area contributed by atoms with E-state index in [2.05, 4.69) is 4.91 Å². The SMILES string of the molecule is CC(F)CON=P(N(C)C)(N(C)C)N(C(OCC(C)F)OCC(C)F)C(OCC(C)F)(OCC(C)F)OCC(C)F. The molecule has 248 valence electrons. The molecule has 10 nitrogen and oxygen atoms in total. The van der Waals surface area contributed by atoms with Crippen molar-refractivity contribution in [3.8, 4) is 0 Å². The average Bonchev–Trinajstić information content (AvgIpc) is 2.83. The third-order valence-electron chi connectivity index (χ3n) is 4.74. The van der Waals surface area contributed by atoms with E-state index in [1.165, 1.54) is 58.3 Å². The summed E-state index contributed by atoms with van der Waals surface area (Å²) in [7, 11) is 2.32. The van der Waals surface area contributed by atoms with E-state index in [1.54, 1.807) is 0 Å². The number of nitrogens with zero attached hydrogens (tertiary/aromatic N) is 4. The molecule has 6 unspecified atom stereocenters. The van der Waals surface area contributed by atoms with Crippen LogP contribution in [-0.2, 0) is 28.5 Å². The first-order chi connectivity index (χ1) is 18.9. The Balaban J connectivity index is 7.78. The van der Waals surface area contributed by atoms with Crippen molar-refractivity contribution in [1.82, 2.24) is 14.0 Å². The van der Waals surface area contributed by atoms with Crippen LogP contribution in [0.1, 0.15) is 41.5 Å². The van der Waals surface area contributed by atoms with Gasteiger partial charge in [-0.3, -0.25) is 0 Å². The van der Waals surface area contributed by atoms with Crippen molar-refractivity contribution < 1.29 is 54.9 Å². The summed E-state index contributed by atoms with van der Waals surface area (Å²) in [4.78, 5) is 9.66. The molecule has 0 aliphatic heterocycles. The second kappa shape index (κ2) is 19.7. The van der Waals surface area contributed by atoms with Crippen molar-refractivity contribution in [2.24, 2.45) is 4.91 Å². The highest BCUT2D eigenvalue weighted by Crippen LogP contribution is 2.61. The molecule has 0 fully saturated rings. The molecule has 41 heavy (non-hydrogen) atoms. The number of halogens is 6. The zero-order valence-corrected chi connectivity index (χ0v) is 26.6. The van der Waals surface area contributed by atoms with Gasteiger partial charge in [0.25, 0.3) is 0 Å². The zero-order valence-electron chi connectivity index (χ0n) is 25.7. The zero-order chi connectivity index (χ0) is 32.0. The Bertz CT molecular complexity index is 698. The number of rotatable bonds is 23. The Morgan fingerprint density at radius 3 is 1.15 bits per heavy atom. The van der Waals surface area contributed by atoms with Crippen LogP contribution in [0, 0.1) is 0 Å². The van der Waals surface area contributed by atoms with E-state index in [1.807, 2.05) is 0 Å². The van der Waals surface area contributed by atoms with E-state index < -0.39 is 96.7 Å². The number of ether oxygens (including phenoxy) is 5. The maximum Gasteiger partial charge on any atom is 0.364 e. The van der Waals surface area contributed by atoms with Gasteiger partial charge in [-0.05, 0) is 69.7 Å². The summed E-state index contributed by atoms with van der Waals surface area (Å²) < 4.78 is 117. The highest BCUT2D eigenvalue weighted by molar-refractivity contribution is 7.59. The quantitative estimate of drug-likeness (QED) is 0.0635. The molecule has 0 rings (SSSR count). The van der Waals surface area contributed by atoms with E-state index in [0.29, 0.717) is 0 Å². The Kier molecular flexibility index (Phi) is 19.4. The van der Waals surface area contributed by atoms with E-state index in [4.69, 9.17) is 28.5 Å². The van der Waals surface area contributed by atoms with Crippen molar-refractivity contribution in [2.75, 3.05) is 67.8 Å². The molecule has 0 amide bonds. The first-order valence-electron chi connectivity index (χ1n) is 13.3. The summed E-state index contributed by atoms with van der Waals surface area (Å²) in [5.74, 6) is 0. The molecule has 0 N–H and O–H groups in total. The van der Waals surface area contributed by atoms with Gasteiger partial charge in [-0.15, -0.1) is 9.58 Å².